The van der Waals surface area contributed by atoms with Crippen molar-refractivity contribution < 1.29 is 14.3 Å². The standard InChI is InChI=1S/C17H14ClN3O3/c18-13-1-3-14(4-2-13)23-11-17(22)21-9-15(10-21)24-16-7-12(8-19)5-6-20-16/h1-7,15H,9-11H2. The number of hydrogen-bond donors (Lipinski definition) is 0. The summed E-state index contributed by atoms with van der Waals surface area (Å²) in [6.45, 7) is 0.916. The first-order chi connectivity index (χ1) is 11.6. The highest BCUT2D eigenvalue weighted by atomic mass is 35.5. The molecule has 2 aromatic rings. The first-order valence-electron chi connectivity index (χ1n) is 7.33. The molecular weight excluding hydrogens is 330 g/mol. The van der Waals surface area contributed by atoms with E-state index in [9.17, 15) is 4.79 Å². The Morgan fingerprint density at radius 3 is 2.79 bits per heavy atom. The third-order valence-electron chi connectivity index (χ3n) is 3.53. The van der Waals surface area contributed by atoms with Crippen LogP contribution in [0.4, 0.5) is 0 Å². The Hall–Kier alpha value is -2.78. The van der Waals surface area contributed by atoms with Gasteiger partial charge in [-0.3, -0.25) is 4.79 Å². The van der Waals surface area contributed by atoms with Crippen molar-refractivity contribution in [3.05, 3.63) is 53.2 Å². The van der Waals surface area contributed by atoms with Gasteiger partial charge in [0.25, 0.3) is 5.91 Å². The van der Waals surface area contributed by atoms with Crippen LogP contribution in [-0.2, 0) is 4.79 Å². The molecule has 1 aliphatic heterocycles. The number of likely N-dealkylation sites (tertiary alicyclic amines) is 1. The minimum atomic E-state index is -0.120. The summed E-state index contributed by atoms with van der Waals surface area (Å²) in [4.78, 5) is 17.7. The normalized spacial score (nSPS) is 13.8. The molecule has 6 nitrogen and oxygen atoms in total. The summed E-state index contributed by atoms with van der Waals surface area (Å²) < 4.78 is 11.1. The number of carbonyl (C=O) groups is 1. The maximum Gasteiger partial charge on any atom is 0.260 e. The van der Waals surface area contributed by atoms with Crippen molar-refractivity contribution in [1.29, 1.82) is 5.26 Å². The van der Waals surface area contributed by atoms with Crippen LogP contribution >= 0.6 is 11.6 Å². The van der Waals surface area contributed by atoms with Crippen molar-refractivity contribution in [3.8, 4) is 17.7 Å². The van der Waals surface area contributed by atoms with Gasteiger partial charge in [0.2, 0.25) is 5.88 Å². The largest absolute Gasteiger partial charge is 0.484 e. The van der Waals surface area contributed by atoms with E-state index in [4.69, 9.17) is 26.3 Å². The number of nitrogens with zero attached hydrogens (tertiary/aromatic N) is 3. The molecule has 24 heavy (non-hydrogen) atoms. The van der Waals surface area contributed by atoms with Crippen molar-refractivity contribution >= 4 is 17.5 Å². The lowest BCUT2D eigenvalue weighted by Gasteiger charge is -2.38. The van der Waals surface area contributed by atoms with Crippen molar-refractivity contribution in [1.82, 2.24) is 9.88 Å². The molecule has 0 spiro atoms. The van der Waals surface area contributed by atoms with Gasteiger partial charge < -0.3 is 14.4 Å². The lowest BCUT2D eigenvalue weighted by molar-refractivity contribution is -0.142. The van der Waals surface area contributed by atoms with E-state index in [2.05, 4.69) is 4.98 Å². The first-order valence-corrected chi connectivity index (χ1v) is 7.71. The fourth-order valence-corrected chi connectivity index (χ4v) is 2.32. The van der Waals surface area contributed by atoms with Gasteiger partial charge in [0.1, 0.15) is 11.9 Å². The number of amides is 1. The second-order valence-electron chi connectivity index (χ2n) is 5.28. The highest BCUT2D eigenvalue weighted by molar-refractivity contribution is 6.30. The predicted octanol–water partition coefficient (Wildman–Crippen LogP) is 2.28. The number of carbonyl (C=O) groups excluding carboxylic acids is 1. The second kappa shape index (κ2) is 7.20. The number of rotatable bonds is 5. The lowest BCUT2D eigenvalue weighted by atomic mass is 10.1. The van der Waals surface area contributed by atoms with E-state index in [1.807, 2.05) is 6.07 Å². The number of halogens is 1. The average molecular weight is 344 g/mol. The molecule has 0 N–H and O–H groups in total. The van der Waals surface area contributed by atoms with Gasteiger partial charge in [0.15, 0.2) is 6.61 Å². The Kier molecular flexibility index (Phi) is 4.82. The van der Waals surface area contributed by atoms with Crippen LogP contribution in [-0.4, -0.2) is 41.6 Å². The summed E-state index contributed by atoms with van der Waals surface area (Å²) in [5.41, 5.74) is 0.489. The van der Waals surface area contributed by atoms with Crippen LogP contribution in [0.15, 0.2) is 42.6 Å². The SMILES string of the molecule is N#Cc1ccnc(OC2CN(C(=O)COc3ccc(Cl)cc3)C2)c1. The first kappa shape index (κ1) is 16.1. The minimum absolute atomic E-state index is 0.0312. The summed E-state index contributed by atoms with van der Waals surface area (Å²) in [7, 11) is 0. The quantitative estimate of drug-likeness (QED) is 0.832. The van der Waals surface area contributed by atoms with Gasteiger partial charge in [-0.25, -0.2) is 4.98 Å². The molecule has 1 amide bonds. The molecule has 1 aliphatic rings. The number of benzene rings is 1. The third kappa shape index (κ3) is 3.94. The zero-order valence-electron chi connectivity index (χ0n) is 12.7. The average Bonchev–Trinajstić information content (AvgIpc) is 2.57. The Balaban J connectivity index is 1.43. The van der Waals surface area contributed by atoms with Crippen LogP contribution in [0.25, 0.3) is 0 Å². The van der Waals surface area contributed by atoms with Crippen LogP contribution in [0.5, 0.6) is 11.6 Å². The van der Waals surface area contributed by atoms with Gasteiger partial charge in [-0.05, 0) is 30.3 Å². The Morgan fingerprint density at radius 1 is 1.33 bits per heavy atom. The van der Waals surface area contributed by atoms with Gasteiger partial charge >= 0.3 is 0 Å². The Morgan fingerprint density at radius 2 is 2.08 bits per heavy atom. The zero-order chi connectivity index (χ0) is 16.9. The molecule has 0 unspecified atom stereocenters. The van der Waals surface area contributed by atoms with Gasteiger partial charge in [0.05, 0.1) is 24.7 Å². The Labute approximate surface area is 144 Å². The van der Waals surface area contributed by atoms with E-state index in [0.29, 0.717) is 35.3 Å². The van der Waals surface area contributed by atoms with E-state index < -0.39 is 0 Å². The molecule has 1 aromatic heterocycles. The molecule has 3 rings (SSSR count). The monoisotopic (exact) mass is 343 g/mol. The van der Waals surface area contributed by atoms with Crippen LogP contribution in [0.3, 0.4) is 0 Å². The molecule has 1 aromatic carbocycles. The summed E-state index contributed by atoms with van der Waals surface area (Å²) in [6.07, 6.45) is 1.40. The van der Waals surface area contributed by atoms with Gasteiger partial charge in [0, 0.05) is 17.3 Å². The highest BCUT2D eigenvalue weighted by Crippen LogP contribution is 2.18. The fraction of sp³-hybridized carbons (Fsp3) is 0.235. The molecule has 0 radical (unpaired) electrons. The lowest BCUT2D eigenvalue weighted by Crippen LogP contribution is -2.57. The van der Waals surface area contributed by atoms with Crippen LogP contribution in [0.1, 0.15) is 5.56 Å². The second-order valence-corrected chi connectivity index (χ2v) is 5.71. The number of pyridine rings is 1. The Bertz CT molecular complexity index is 767. The predicted molar refractivity (Wildman–Crippen MR) is 86.9 cm³/mol. The molecule has 1 fully saturated rings. The van der Waals surface area contributed by atoms with Gasteiger partial charge in [-0.15, -0.1) is 0 Å². The highest BCUT2D eigenvalue weighted by Gasteiger charge is 2.32. The molecule has 7 heteroatoms. The molecule has 0 atom stereocenters. The van der Waals surface area contributed by atoms with E-state index in [1.54, 1.807) is 41.3 Å². The van der Waals surface area contributed by atoms with Gasteiger partial charge in [-0.2, -0.15) is 5.26 Å². The number of hydrogen-bond acceptors (Lipinski definition) is 5. The van der Waals surface area contributed by atoms with Crippen LogP contribution in [0, 0.1) is 11.3 Å². The summed E-state index contributed by atoms with van der Waals surface area (Å²) >= 11 is 5.79. The summed E-state index contributed by atoms with van der Waals surface area (Å²) in [5, 5.41) is 9.46. The number of ether oxygens (including phenoxy) is 2. The van der Waals surface area contributed by atoms with Crippen molar-refractivity contribution in [2.45, 2.75) is 6.10 Å². The van der Waals surface area contributed by atoms with Crippen molar-refractivity contribution in [3.63, 3.8) is 0 Å². The minimum Gasteiger partial charge on any atom is -0.484 e. The maximum atomic E-state index is 12.0. The van der Waals surface area contributed by atoms with E-state index >= 15 is 0 Å². The molecule has 0 saturated carbocycles. The molecule has 1 saturated heterocycles. The molecule has 122 valence electrons. The maximum absolute atomic E-state index is 12.0. The van der Waals surface area contributed by atoms with Crippen LogP contribution in [0.2, 0.25) is 5.02 Å². The third-order valence-corrected chi connectivity index (χ3v) is 3.78. The summed E-state index contributed by atoms with van der Waals surface area (Å²) in [6, 6.07) is 12.1. The smallest absolute Gasteiger partial charge is 0.260 e. The van der Waals surface area contributed by atoms with Crippen molar-refractivity contribution in [2.24, 2.45) is 0 Å². The summed E-state index contributed by atoms with van der Waals surface area (Å²) in [5.74, 6) is 0.880. The van der Waals surface area contributed by atoms with Crippen molar-refractivity contribution in [2.75, 3.05) is 19.7 Å². The molecule has 2 heterocycles. The molecular formula is C17H14ClN3O3. The fourth-order valence-electron chi connectivity index (χ4n) is 2.20. The zero-order valence-corrected chi connectivity index (χ0v) is 13.4. The number of nitriles is 1. The van der Waals surface area contributed by atoms with E-state index in [-0.39, 0.29) is 18.6 Å². The molecule has 0 bridgehead atoms. The topological polar surface area (TPSA) is 75.5 Å². The van der Waals surface area contributed by atoms with Gasteiger partial charge in [-0.1, -0.05) is 11.6 Å². The molecule has 0 aliphatic carbocycles. The van der Waals surface area contributed by atoms with E-state index in [0.717, 1.165) is 0 Å². The van der Waals surface area contributed by atoms with Crippen LogP contribution < -0.4 is 9.47 Å². The van der Waals surface area contributed by atoms with E-state index in [1.165, 1.54) is 6.20 Å². The number of aromatic nitrogens is 1.